The van der Waals surface area contributed by atoms with E-state index in [1.165, 1.54) is 5.56 Å². The van der Waals surface area contributed by atoms with E-state index in [-0.39, 0.29) is 0 Å². The van der Waals surface area contributed by atoms with Gasteiger partial charge < -0.3 is 9.88 Å². The van der Waals surface area contributed by atoms with Crippen molar-refractivity contribution < 1.29 is 0 Å². The average molecular weight is 235 g/mol. The minimum atomic E-state index is 0.296. The standard InChI is InChI=1S/C12H17N3S/c1-3-15-6-5-14-12(15)11(13-2)8-10-4-7-16-9-10/h4-7,9,11,13H,3,8H2,1-2H3. The molecule has 0 fully saturated rings. The average Bonchev–Trinajstić information content (AvgIpc) is 2.96. The van der Waals surface area contributed by atoms with E-state index in [2.05, 4.69) is 38.6 Å². The quantitative estimate of drug-likeness (QED) is 0.863. The van der Waals surface area contributed by atoms with Crippen LogP contribution in [0, 0.1) is 0 Å². The van der Waals surface area contributed by atoms with E-state index in [0.717, 1.165) is 18.8 Å². The summed E-state index contributed by atoms with van der Waals surface area (Å²) in [6.07, 6.45) is 4.90. The lowest BCUT2D eigenvalue weighted by molar-refractivity contribution is 0.524. The molecule has 2 heterocycles. The predicted octanol–water partition coefficient (Wildman–Crippen LogP) is 2.47. The van der Waals surface area contributed by atoms with Crippen LogP contribution in [0.1, 0.15) is 24.4 Å². The topological polar surface area (TPSA) is 29.9 Å². The Bertz CT molecular complexity index is 419. The van der Waals surface area contributed by atoms with Crippen LogP contribution in [0.4, 0.5) is 0 Å². The SMILES string of the molecule is CCn1ccnc1C(Cc1ccsc1)NC. The van der Waals surface area contributed by atoms with Gasteiger partial charge in [-0.05, 0) is 42.8 Å². The van der Waals surface area contributed by atoms with Gasteiger partial charge in [0.05, 0.1) is 6.04 Å². The molecule has 86 valence electrons. The van der Waals surface area contributed by atoms with Gasteiger partial charge in [-0.25, -0.2) is 4.98 Å². The molecule has 3 nitrogen and oxygen atoms in total. The molecule has 0 radical (unpaired) electrons. The lowest BCUT2D eigenvalue weighted by atomic mass is 10.1. The van der Waals surface area contributed by atoms with Gasteiger partial charge >= 0.3 is 0 Å². The van der Waals surface area contributed by atoms with Gasteiger partial charge in [0.25, 0.3) is 0 Å². The van der Waals surface area contributed by atoms with E-state index in [9.17, 15) is 0 Å². The van der Waals surface area contributed by atoms with Crippen molar-refractivity contribution in [1.29, 1.82) is 0 Å². The van der Waals surface area contributed by atoms with Gasteiger partial charge in [0, 0.05) is 18.9 Å². The Morgan fingerprint density at radius 2 is 2.44 bits per heavy atom. The molecule has 1 unspecified atom stereocenters. The highest BCUT2D eigenvalue weighted by Gasteiger charge is 2.15. The maximum Gasteiger partial charge on any atom is 0.126 e. The number of nitrogens with one attached hydrogen (secondary N) is 1. The fourth-order valence-electron chi connectivity index (χ4n) is 1.87. The van der Waals surface area contributed by atoms with Crippen LogP contribution in [0.3, 0.4) is 0 Å². The number of aryl methyl sites for hydroxylation is 1. The molecule has 0 aliphatic rings. The minimum Gasteiger partial charge on any atom is -0.334 e. The summed E-state index contributed by atoms with van der Waals surface area (Å²) in [5, 5.41) is 7.66. The van der Waals surface area contributed by atoms with Crippen LogP contribution in [-0.4, -0.2) is 16.6 Å². The fraction of sp³-hybridized carbons (Fsp3) is 0.417. The lowest BCUT2D eigenvalue weighted by Crippen LogP contribution is -2.22. The zero-order valence-corrected chi connectivity index (χ0v) is 10.5. The number of thiophene rings is 1. The summed E-state index contributed by atoms with van der Waals surface area (Å²) in [5.74, 6) is 1.12. The van der Waals surface area contributed by atoms with Gasteiger partial charge in [-0.3, -0.25) is 0 Å². The molecule has 1 N–H and O–H groups in total. The first-order valence-electron chi connectivity index (χ1n) is 5.54. The highest BCUT2D eigenvalue weighted by atomic mass is 32.1. The van der Waals surface area contributed by atoms with E-state index in [1.807, 2.05) is 19.4 Å². The van der Waals surface area contributed by atoms with Crippen LogP contribution in [0.15, 0.2) is 29.2 Å². The molecule has 2 aromatic rings. The minimum absolute atomic E-state index is 0.296. The smallest absolute Gasteiger partial charge is 0.126 e. The second-order valence-electron chi connectivity index (χ2n) is 3.75. The molecule has 0 bridgehead atoms. The molecular formula is C12H17N3S. The number of aromatic nitrogens is 2. The summed E-state index contributed by atoms with van der Waals surface area (Å²) in [7, 11) is 1.99. The van der Waals surface area contributed by atoms with Crippen molar-refractivity contribution in [2.45, 2.75) is 25.9 Å². The number of likely N-dealkylation sites (N-methyl/N-ethyl adjacent to an activating group) is 1. The zero-order chi connectivity index (χ0) is 11.4. The summed E-state index contributed by atoms with van der Waals surface area (Å²) in [4.78, 5) is 4.44. The van der Waals surface area contributed by atoms with Crippen LogP contribution in [0.25, 0.3) is 0 Å². The third kappa shape index (κ3) is 2.33. The summed E-state index contributed by atoms with van der Waals surface area (Å²) in [5.41, 5.74) is 1.37. The Labute approximate surface area is 100 Å². The van der Waals surface area contributed by atoms with E-state index in [4.69, 9.17) is 0 Å². The van der Waals surface area contributed by atoms with Crippen molar-refractivity contribution in [3.8, 4) is 0 Å². The highest BCUT2D eigenvalue weighted by Crippen LogP contribution is 2.18. The van der Waals surface area contributed by atoms with Crippen molar-refractivity contribution in [2.24, 2.45) is 0 Å². The number of rotatable bonds is 5. The predicted molar refractivity (Wildman–Crippen MR) is 67.7 cm³/mol. The Hall–Kier alpha value is -1.13. The maximum absolute atomic E-state index is 4.44. The molecule has 0 aliphatic carbocycles. The van der Waals surface area contributed by atoms with E-state index in [0.29, 0.717) is 6.04 Å². The largest absolute Gasteiger partial charge is 0.334 e. The molecule has 0 saturated carbocycles. The lowest BCUT2D eigenvalue weighted by Gasteiger charge is -2.16. The Balaban J connectivity index is 2.16. The highest BCUT2D eigenvalue weighted by molar-refractivity contribution is 7.07. The molecule has 2 rings (SSSR count). The van der Waals surface area contributed by atoms with E-state index < -0.39 is 0 Å². The fourth-order valence-corrected chi connectivity index (χ4v) is 2.55. The molecule has 2 aromatic heterocycles. The molecular weight excluding hydrogens is 218 g/mol. The first-order valence-corrected chi connectivity index (χ1v) is 6.48. The molecule has 4 heteroatoms. The molecule has 16 heavy (non-hydrogen) atoms. The summed E-state index contributed by atoms with van der Waals surface area (Å²) >= 11 is 1.74. The van der Waals surface area contributed by atoms with Gasteiger partial charge in [0.15, 0.2) is 0 Å². The van der Waals surface area contributed by atoms with E-state index in [1.54, 1.807) is 11.3 Å². The molecule has 1 atom stereocenters. The van der Waals surface area contributed by atoms with Crippen molar-refractivity contribution in [3.63, 3.8) is 0 Å². The van der Waals surface area contributed by atoms with Gasteiger partial charge in [-0.1, -0.05) is 0 Å². The second-order valence-corrected chi connectivity index (χ2v) is 4.53. The normalized spacial score (nSPS) is 12.9. The maximum atomic E-state index is 4.44. The first-order chi connectivity index (χ1) is 7.85. The van der Waals surface area contributed by atoms with Crippen molar-refractivity contribution in [3.05, 3.63) is 40.6 Å². The number of imidazole rings is 1. The zero-order valence-electron chi connectivity index (χ0n) is 9.68. The summed E-state index contributed by atoms with van der Waals surface area (Å²) in [6.45, 7) is 3.11. The molecule has 0 amide bonds. The van der Waals surface area contributed by atoms with E-state index >= 15 is 0 Å². The van der Waals surface area contributed by atoms with Crippen molar-refractivity contribution >= 4 is 11.3 Å². The third-order valence-electron chi connectivity index (χ3n) is 2.77. The summed E-state index contributed by atoms with van der Waals surface area (Å²) < 4.78 is 2.19. The monoisotopic (exact) mass is 235 g/mol. The summed E-state index contributed by atoms with van der Waals surface area (Å²) in [6, 6.07) is 2.47. The Morgan fingerprint density at radius 1 is 1.56 bits per heavy atom. The van der Waals surface area contributed by atoms with Crippen molar-refractivity contribution in [2.75, 3.05) is 7.05 Å². The van der Waals surface area contributed by atoms with Gasteiger partial charge in [0.1, 0.15) is 5.82 Å². The van der Waals surface area contributed by atoms with Crippen LogP contribution in [-0.2, 0) is 13.0 Å². The Morgan fingerprint density at radius 3 is 3.06 bits per heavy atom. The third-order valence-corrected chi connectivity index (χ3v) is 3.50. The second kappa shape index (κ2) is 5.27. The Kier molecular flexibility index (Phi) is 3.74. The van der Waals surface area contributed by atoms with Gasteiger partial charge in [0.2, 0.25) is 0 Å². The number of hydrogen-bond acceptors (Lipinski definition) is 3. The number of nitrogens with zero attached hydrogens (tertiary/aromatic N) is 2. The molecule has 0 aromatic carbocycles. The van der Waals surface area contributed by atoms with Crippen LogP contribution in [0.5, 0.6) is 0 Å². The molecule has 0 aliphatic heterocycles. The number of hydrogen-bond donors (Lipinski definition) is 1. The molecule has 0 spiro atoms. The van der Waals surface area contributed by atoms with Crippen LogP contribution < -0.4 is 5.32 Å². The van der Waals surface area contributed by atoms with Crippen molar-refractivity contribution in [1.82, 2.24) is 14.9 Å². The van der Waals surface area contributed by atoms with Gasteiger partial charge in [-0.2, -0.15) is 11.3 Å². The first kappa shape index (κ1) is 11.4. The van der Waals surface area contributed by atoms with Crippen LogP contribution in [0.2, 0.25) is 0 Å². The van der Waals surface area contributed by atoms with Crippen LogP contribution >= 0.6 is 11.3 Å². The molecule has 0 saturated heterocycles. The van der Waals surface area contributed by atoms with Gasteiger partial charge in [-0.15, -0.1) is 0 Å².